The molecule has 0 bridgehead atoms. The van der Waals surface area contributed by atoms with Gasteiger partial charge in [-0.15, -0.1) is 0 Å². The molecule has 0 fully saturated rings. The Kier molecular flexibility index (Phi) is 3.01. The Morgan fingerprint density at radius 2 is 2.35 bits per heavy atom. The number of nitrogens with zero attached hydrogens (tertiary/aromatic N) is 1. The van der Waals surface area contributed by atoms with E-state index in [9.17, 15) is 9.90 Å². The van der Waals surface area contributed by atoms with Crippen molar-refractivity contribution in [3.05, 3.63) is 28.8 Å². The largest absolute Gasteiger partial charge is 0.446 e. The van der Waals surface area contributed by atoms with Gasteiger partial charge in [0.2, 0.25) is 4.51 Å². The van der Waals surface area contributed by atoms with Crippen molar-refractivity contribution in [1.29, 1.82) is 0 Å². The quantitative estimate of drug-likeness (QED) is 0.688. The second kappa shape index (κ2) is 4.08. The van der Waals surface area contributed by atoms with Gasteiger partial charge in [0, 0.05) is 16.8 Å². The van der Waals surface area contributed by atoms with Gasteiger partial charge < -0.3 is 9.84 Å². The van der Waals surface area contributed by atoms with E-state index in [2.05, 4.69) is 20.9 Å². The average molecular weight is 319 g/mol. The summed E-state index contributed by atoms with van der Waals surface area (Å²) in [5.74, 6) is 0. The summed E-state index contributed by atoms with van der Waals surface area (Å²) in [7, 11) is 0. The number of benzene rings is 1. The van der Waals surface area contributed by atoms with Gasteiger partial charge in [-0.2, -0.15) is 0 Å². The van der Waals surface area contributed by atoms with E-state index in [-0.39, 0.29) is 6.47 Å². The van der Waals surface area contributed by atoms with Crippen LogP contribution in [0.5, 0.6) is 0 Å². The molecular weight excluding hydrogens is 309 g/mol. The van der Waals surface area contributed by atoms with Crippen LogP contribution >= 0.6 is 27.5 Å². The highest BCUT2D eigenvalue weighted by Crippen LogP contribution is 2.48. The smallest absolute Gasteiger partial charge is 0.294 e. The Morgan fingerprint density at radius 3 is 3.00 bits per heavy atom. The minimum Gasteiger partial charge on any atom is -0.446 e. The Hall–Kier alpha value is -0.910. The molecule has 0 aliphatic carbocycles. The lowest BCUT2D eigenvalue weighted by atomic mass is 9.90. The van der Waals surface area contributed by atoms with Crippen LogP contribution in [0.4, 0.5) is 5.69 Å². The number of ether oxygens (including phenoxy) is 1. The van der Waals surface area contributed by atoms with Crippen LogP contribution in [0.15, 0.2) is 23.2 Å². The lowest BCUT2D eigenvalue weighted by molar-refractivity contribution is -0.145. The molecule has 0 amide bonds. The maximum Gasteiger partial charge on any atom is 0.294 e. The summed E-state index contributed by atoms with van der Waals surface area (Å²) >= 11 is 9.23. The van der Waals surface area contributed by atoms with E-state index in [1.165, 1.54) is 13.1 Å². The van der Waals surface area contributed by atoms with E-state index in [0.717, 1.165) is 0 Å². The first kappa shape index (κ1) is 12.5. The molecule has 6 heteroatoms. The fourth-order valence-electron chi connectivity index (χ4n) is 1.74. The van der Waals surface area contributed by atoms with Crippen molar-refractivity contribution in [1.82, 2.24) is 0 Å². The van der Waals surface area contributed by atoms with Crippen molar-refractivity contribution >= 4 is 45.9 Å². The Labute approximate surface area is 111 Å². The molecule has 4 nitrogen and oxygen atoms in total. The van der Waals surface area contributed by atoms with E-state index < -0.39 is 10.1 Å². The third-order valence-electron chi connectivity index (χ3n) is 2.71. The zero-order chi connectivity index (χ0) is 12.7. The number of hydrogen-bond donors (Lipinski definition) is 1. The number of aliphatic hydroxyl groups is 1. The summed E-state index contributed by atoms with van der Waals surface area (Å²) in [5, 5.41) is 11.0. The molecule has 1 N–H and O–H groups in total. The van der Waals surface area contributed by atoms with Crippen LogP contribution in [0, 0.1) is 0 Å². The van der Waals surface area contributed by atoms with Crippen LogP contribution in [0.3, 0.4) is 0 Å². The molecule has 0 spiro atoms. The van der Waals surface area contributed by atoms with Crippen molar-refractivity contribution in [3.63, 3.8) is 0 Å². The number of hydrogen-bond acceptors (Lipinski definition) is 4. The first-order valence-electron chi connectivity index (χ1n) is 4.79. The van der Waals surface area contributed by atoms with Gasteiger partial charge in [0.15, 0.2) is 5.60 Å². The van der Waals surface area contributed by atoms with Gasteiger partial charge in [0.25, 0.3) is 6.47 Å². The Balaban J connectivity index is 2.58. The molecule has 2 rings (SSSR count). The second-order valence-electron chi connectivity index (χ2n) is 3.79. The molecule has 0 saturated heterocycles. The number of fused-ring (bicyclic) bond motifs is 1. The average Bonchev–Trinajstić information content (AvgIpc) is 2.59. The van der Waals surface area contributed by atoms with Gasteiger partial charge in [-0.3, -0.25) is 9.79 Å². The summed E-state index contributed by atoms with van der Waals surface area (Å²) in [6.07, 6.45) is 1.31. The zero-order valence-corrected chi connectivity index (χ0v) is 11.2. The van der Waals surface area contributed by atoms with Crippen LogP contribution < -0.4 is 0 Å². The van der Waals surface area contributed by atoms with Crippen molar-refractivity contribution < 1.29 is 14.6 Å². The summed E-state index contributed by atoms with van der Waals surface area (Å²) in [6.45, 7) is 1.78. The Morgan fingerprint density at radius 1 is 1.65 bits per heavy atom. The van der Waals surface area contributed by atoms with E-state index >= 15 is 0 Å². The van der Waals surface area contributed by atoms with Gasteiger partial charge in [0.05, 0.1) is 5.69 Å². The highest BCUT2D eigenvalue weighted by Gasteiger charge is 2.52. The molecule has 90 valence electrons. The number of carbonyl (C=O) groups excluding carboxylic acids is 1. The van der Waals surface area contributed by atoms with E-state index in [1.54, 1.807) is 18.2 Å². The molecule has 0 saturated carbocycles. The molecule has 0 aromatic heterocycles. The second-order valence-corrected chi connectivity index (χ2v) is 5.71. The van der Waals surface area contributed by atoms with Crippen molar-refractivity contribution in [3.8, 4) is 0 Å². The summed E-state index contributed by atoms with van der Waals surface area (Å²) < 4.78 is 3.53. The fraction of sp³-hybridized carbons (Fsp3) is 0.273. The van der Waals surface area contributed by atoms with Gasteiger partial charge in [0.1, 0.15) is 0 Å². The number of carbonyl (C=O) groups is 1. The highest BCUT2D eigenvalue weighted by atomic mass is 79.9. The van der Waals surface area contributed by atoms with Gasteiger partial charge >= 0.3 is 0 Å². The van der Waals surface area contributed by atoms with Gasteiger partial charge in [-0.1, -0.05) is 17.7 Å². The molecule has 1 aliphatic rings. The fourth-order valence-corrected chi connectivity index (χ4v) is 2.43. The van der Waals surface area contributed by atoms with Crippen molar-refractivity contribution in [2.45, 2.75) is 17.0 Å². The van der Waals surface area contributed by atoms with Crippen LogP contribution in [0.2, 0.25) is 5.02 Å². The van der Waals surface area contributed by atoms with Crippen LogP contribution in [-0.4, -0.2) is 22.3 Å². The third-order valence-corrected chi connectivity index (χ3v) is 3.82. The van der Waals surface area contributed by atoms with Gasteiger partial charge in [-0.25, -0.2) is 0 Å². The van der Waals surface area contributed by atoms with Crippen molar-refractivity contribution in [2.75, 3.05) is 0 Å². The molecule has 2 unspecified atom stereocenters. The zero-order valence-electron chi connectivity index (χ0n) is 8.85. The number of alkyl halides is 1. The van der Waals surface area contributed by atoms with Crippen molar-refractivity contribution in [2.24, 2.45) is 4.99 Å². The van der Waals surface area contributed by atoms with E-state index in [0.29, 0.717) is 16.3 Å². The summed E-state index contributed by atoms with van der Waals surface area (Å²) in [4.78, 5) is 14.6. The van der Waals surface area contributed by atoms with E-state index in [4.69, 9.17) is 16.3 Å². The summed E-state index contributed by atoms with van der Waals surface area (Å²) in [6, 6.07) is 5.10. The topological polar surface area (TPSA) is 58.9 Å². The van der Waals surface area contributed by atoms with Crippen LogP contribution in [-0.2, 0) is 15.1 Å². The SMILES string of the molecule is CC(Br)(OC=O)C1(O)C=Nc2cccc(Cl)c21. The molecule has 1 aliphatic heterocycles. The summed E-state index contributed by atoms with van der Waals surface area (Å²) in [5.41, 5.74) is -0.621. The van der Waals surface area contributed by atoms with Gasteiger partial charge in [-0.05, 0) is 35.0 Å². The normalized spacial score (nSPS) is 25.2. The molecular formula is C11H9BrClNO3. The molecule has 17 heavy (non-hydrogen) atoms. The molecule has 1 heterocycles. The Bertz CT molecular complexity index is 503. The number of halogens is 2. The minimum atomic E-state index is -1.60. The predicted octanol–water partition coefficient (Wildman–Crippen LogP) is 2.53. The standard InChI is InChI=1S/C11H9BrClNO3/c1-10(12,17-6-15)11(16)5-14-8-4-2-3-7(13)9(8)11/h2-6,16H,1H3. The molecule has 1 aromatic carbocycles. The first-order chi connectivity index (χ1) is 7.92. The third kappa shape index (κ3) is 1.78. The number of aliphatic imine (C=N–C) groups is 1. The monoisotopic (exact) mass is 317 g/mol. The lowest BCUT2D eigenvalue weighted by Gasteiger charge is -2.35. The maximum atomic E-state index is 10.6. The van der Waals surface area contributed by atoms with Crippen LogP contribution in [0.1, 0.15) is 12.5 Å². The first-order valence-corrected chi connectivity index (χ1v) is 5.96. The lowest BCUT2D eigenvalue weighted by Crippen LogP contribution is -2.47. The molecule has 2 atom stereocenters. The minimum absolute atomic E-state index is 0.259. The predicted molar refractivity (Wildman–Crippen MR) is 68.0 cm³/mol. The molecule has 0 radical (unpaired) electrons. The molecule has 1 aromatic rings. The van der Waals surface area contributed by atoms with E-state index in [1.807, 2.05) is 0 Å². The highest BCUT2D eigenvalue weighted by molar-refractivity contribution is 9.10. The number of rotatable bonds is 3. The van der Waals surface area contributed by atoms with Crippen LogP contribution in [0.25, 0.3) is 0 Å². The maximum absolute atomic E-state index is 10.6.